The second-order valence-corrected chi connectivity index (χ2v) is 10.9. The fourth-order valence-electron chi connectivity index (χ4n) is 3.59. The molecule has 5 nitrogen and oxygen atoms in total. The van der Waals surface area contributed by atoms with Crippen LogP contribution in [0.15, 0.2) is 66.5 Å². The molecule has 1 rings (SSSR count). The molecule has 0 aliphatic rings. The highest BCUT2D eigenvalue weighted by molar-refractivity contribution is 6.30. The van der Waals surface area contributed by atoms with E-state index in [1.54, 1.807) is 19.1 Å². The Morgan fingerprint density at radius 2 is 1.66 bits per heavy atom. The van der Waals surface area contributed by atoms with Crippen LogP contribution in [0, 0.1) is 0 Å². The number of Topliss-reactive ketones (excluding diaryl/α,β-unsaturated/α-hetero) is 1. The van der Waals surface area contributed by atoms with Crippen molar-refractivity contribution in [2.45, 2.75) is 100 Å². The van der Waals surface area contributed by atoms with Gasteiger partial charge in [-0.1, -0.05) is 75.2 Å². The third-order valence-corrected chi connectivity index (χ3v) is 5.98. The molecular formula is C35H57ClN2O3. The predicted molar refractivity (Wildman–Crippen MR) is 179 cm³/mol. The monoisotopic (exact) mass is 588 g/mol. The first-order valence-corrected chi connectivity index (χ1v) is 15.3. The van der Waals surface area contributed by atoms with Crippen molar-refractivity contribution in [2.75, 3.05) is 26.2 Å². The molecule has 0 spiro atoms. The van der Waals surface area contributed by atoms with Gasteiger partial charge < -0.3 is 15.0 Å². The first-order chi connectivity index (χ1) is 19.3. The number of carbonyl (C=O) groups is 2. The lowest BCUT2D eigenvalue weighted by Crippen LogP contribution is -2.29. The average molecular weight is 589 g/mol. The van der Waals surface area contributed by atoms with E-state index in [0.717, 1.165) is 41.2 Å². The van der Waals surface area contributed by atoms with Gasteiger partial charge in [0.1, 0.15) is 5.76 Å². The van der Waals surface area contributed by atoms with Gasteiger partial charge in [0.15, 0.2) is 5.78 Å². The van der Waals surface area contributed by atoms with Gasteiger partial charge in [0, 0.05) is 29.6 Å². The molecule has 0 radical (unpaired) electrons. The molecule has 1 N–H and O–H groups in total. The van der Waals surface area contributed by atoms with Crippen molar-refractivity contribution in [3.05, 3.63) is 77.1 Å². The van der Waals surface area contributed by atoms with E-state index in [-0.39, 0.29) is 17.7 Å². The molecular weight excluding hydrogens is 532 g/mol. The fourth-order valence-corrected chi connectivity index (χ4v) is 3.78. The average Bonchev–Trinajstić information content (AvgIpc) is 2.91. The van der Waals surface area contributed by atoms with E-state index in [4.69, 9.17) is 16.3 Å². The molecule has 1 amide bonds. The fraction of sp³-hybridized carbons (Fsp3) is 0.543. The number of carbonyl (C=O) groups excluding carboxylic acids is 2. The number of ketones is 1. The van der Waals surface area contributed by atoms with Gasteiger partial charge in [-0.3, -0.25) is 9.59 Å². The number of nitrogens with one attached hydrogen (secondary N) is 1. The van der Waals surface area contributed by atoms with Crippen LogP contribution in [-0.4, -0.2) is 48.9 Å². The van der Waals surface area contributed by atoms with Crippen molar-refractivity contribution in [2.24, 2.45) is 0 Å². The van der Waals surface area contributed by atoms with Crippen LogP contribution in [0.2, 0.25) is 5.02 Å². The molecule has 0 bridgehead atoms. The number of amides is 1. The summed E-state index contributed by atoms with van der Waals surface area (Å²) in [5, 5.41) is 3.52. The molecule has 0 saturated heterocycles. The third-order valence-electron chi connectivity index (χ3n) is 5.75. The Labute approximate surface area is 256 Å². The quantitative estimate of drug-likeness (QED) is 0.0905. The lowest BCUT2D eigenvalue weighted by Gasteiger charge is -2.21. The van der Waals surface area contributed by atoms with Gasteiger partial charge in [-0.15, -0.1) is 0 Å². The van der Waals surface area contributed by atoms with Gasteiger partial charge in [0.25, 0.3) is 0 Å². The summed E-state index contributed by atoms with van der Waals surface area (Å²) in [7, 11) is 0. The second kappa shape index (κ2) is 25.1. The van der Waals surface area contributed by atoms with Crippen molar-refractivity contribution in [1.82, 2.24) is 10.2 Å². The number of hydrogen-bond acceptors (Lipinski definition) is 4. The van der Waals surface area contributed by atoms with E-state index >= 15 is 0 Å². The number of nitrogens with zero attached hydrogens (tertiary/aromatic N) is 1. The standard InChI is InChI=1S/C20H35NO2.C9H9Cl.C6H13NO/c1-7-10-13-21(12-8-2)14-11-15-23-19(9-3)16-20(17(4)5)18(6)22;1-7(2)8-4-3-5-9(10)6-8;1-4-6(8)7-5(2)3/h9,16H,3,7-8,10-15H2,1-2,4-6H3;3-6H,1H2,2H3;5H,4H2,1-3H3,(H,7,8)/b19-16+;;. The number of halogens is 1. The molecule has 0 saturated carbocycles. The summed E-state index contributed by atoms with van der Waals surface area (Å²) in [6, 6.07) is 7.96. The summed E-state index contributed by atoms with van der Waals surface area (Å²) in [6.07, 6.45) is 8.71. The van der Waals surface area contributed by atoms with Crippen molar-refractivity contribution in [3.8, 4) is 0 Å². The Morgan fingerprint density at radius 3 is 2.05 bits per heavy atom. The van der Waals surface area contributed by atoms with Crippen molar-refractivity contribution in [3.63, 3.8) is 0 Å². The van der Waals surface area contributed by atoms with Crippen molar-refractivity contribution in [1.29, 1.82) is 0 Å². The Morgan fingerprint density at radius 1 is 1.02 bits per heavy atom. The first-order valence-electron chi connectivity index (χ1n) is 14.9. The first kappa shape index (κ1) is 40.5. The van der Waals surface area contributed by atoms with Crippen LogP contribution >= 0.6 is 11.6 Å². The summed E-state index contributed by atoms with van der Waals surface area (Å²) < 4.78 is 5.79. The van der Waals surface area contributed by atoms with Crippen molar-refractivity contribution < 1.29 is 14.3 Å². The van der Waals surface area contributed by atoms with E-state index in [0.29, 0.717) is 24.4 Å². The van der Waals surface area contributed by atoms with E-state index < -0.39 is 0 Å². The minimum Gasteiger partial charge on any atom is -0.494 e. The second-order valence-electron chi connectivity index (χ2n) is 10.5. The van der Waals surface area contributed by atoms with Gasteiger partial charge in [-0.2, -0.15) is 0 Å². The number of hydrogen-bond donors (Lipinski definition) is 1. The summed E-state index contributed by atoms with van der Waals surface area (Å²) in [4.78, 5) is 24.6. The van der Waals surface area contributed by atoms with Crippen LogP contribution in [0.25, 0.3) is 5.57 Å². The van der Waals surface area contributed by atoms with Gasteiger partial charge in [-0.05, 0) is 104 Å². The molecule has 41 heavy (non-hydrogen) atoms. The maximum absolute atomic E-state index is 11.6. The van der Waals surface area contributed by atoms with E-state index in [1.807, 2.05) is 65.8 Å². The lowest BCUT2D eigenvalue weighted by molar-refractivity contribution is -0.121. The smallest absolute Gasteiger partial charge is 0.219 e. The van der Waals surface area contributed by atoms with Gasteiger partial charge >= 0.3 is 0 Å². The normalized spacial score (nSPS) is 10.6. The van der Waals surface area contributed by atoms with Gasteiger partial charge in [0.05, 0.1) is 6.61 Å². The molecule has 232 valence electrons. The molecule has 0 atom stereocenters. The maximum Gasteiger partial charge on any atom is 0.219 e. The van der Waals surface area contributed by atoms with Gasteiger partial charge in [0.2, 0.25) is 5.91 Å². The summed E-state index contributed by atoms with van der Waals surface area (Å²) >= 11 is 5.75. The Kier molecular flexibility index (Phi) is 24.8. The molecule has 0 aliphatic carbocycles. The van der Waals surface area contributed by atoms with Crippen LogP contribution in [0.3, 0.4) is 0 Å². The molecule has 0 unspecified atom stereocenters. The highest BCUT2D eigenvalue weighted by atomic mass is 35.5. The Bertz CT molecular complexity index is 975. The highest BCUT2D eigenvalue weighted by Gasteiger charge is 2.06. The topological polar surface area (TPSA) is 58.6 Å². The third kappa shape index (κ3) is 22.7. The largest absolute Gasteiger partial charge is 0.494 e. The molecule has 0 heterocycles. The van der Waals surface area contributed by atoms with Gasteiger partial charge in [-0.25, -0.2) is 0 Å². The number of unbranched alkanes of at least 4 members (excludes halogenated alkanes) is 1. The molecule has 1 aromatic rings. The maximum atomic E-state index is 11.6. The van der Waals surface area contributed by atoms with E-state index in [2.05, 4.69) is 37.2 Å². The van der Waals surface area contributed by atoms with Crippen LogP contribution < -0.4 is 5.32 Å². The van der Waals surface area contributed by atoms with Crippen LogP contribution in [0.4, 0.5) is 0 Å². The summed E-state index contributed by atoms with van der Waals surface area (Å²) in [5.41, 5.74) is 3.85. The van der Waals surface area contributed by atoms with Crippen LogP contribution in [0.1, 0.15) is 100.0 Å². The summed E-state index contributed by atoms with van der Waals surface area (Å²) in [5.74, 6) is 0.855. The zero-order valence-corrected chi connectivity index (χ0v) is 28.1. The van der Waals surface area contributed by atoms with E-state index in [9.17, 15) is 9.59 Å². The highest BCUT2D eigenvalue weighted by Crippen LogP contribution is 2.16. The molecule has 1 aromatic carbocycles. The molecule has 0 fully saturated rings. The Hall–Kier alpha value is -2.63. The molecule has 0 aromatic heterocycles. The zero-order chi connectivity index (χ0) is 31.8. The van der Waals surface area contributed by atoms with Crippen molar-refractivity contribution >= 4 is 28.9 Å². The summed E-state index contributed by atoms with van der Waals surface area (Å²) in [6.45, 7) is 29.2. The SMILES string of the molecule is C=C(C)c1cccc(Cl)c1.C=C/C(=C\C(C(C)=O)=C(C)C)OCCCN(CCC)CCCC.CCC(=O)NC(C)C. The molecule has 6 heteroatoms. The minimum absolute atomic E-state index is 0.0571. The lowest BCUT2D eigenvalue weighted by atomic mass is 10.1. The number of rotatable bonds is 16. The minimum atomic E-state index is 0.0571. The Balaban J connectivity index is 0. The molecule has 0 aliphatic heterocycles. The van der Waals surface area contributed by atoms with E-state index in [1.165, 1.54) is 25.8 Å². The predicted octanol–water partition coefficient (Wildman–Crippen LogP) is 9.19. The number of allylic oxidation sites excluding steroid dienone is 5. The zero-order valence-electron chi connectivity index (χ0n) is 27.4. The van der Waals surface area contributed by atoms with Crippen LogP contribution in [-0.2, 0) is 14.3 Å². The van der Waals surface area contributed by atoms with Crippen LogP contribution in [0.5, 0.6) is 0 Å². The number of benzene rings is 1. The number of ether oxygens (including phenoxy) is 1.